The first kappa shape index (κ1) is 14.3. The highest BCUT2D eigenvalue weighted by atomic mass is 16.3. The molecule has 2 amide bonds. The van der Waals surface area contributed by atoms with E-state index in [0.717, 1.165) is 6.42 Å². The molecule has 0 bridgehead atoms. The average Bonchev–Trinajstić information content (AvgIpc) is 2.94. The molecule has 3 N–H and O–H groups in total. The van der Waals surface area contributed by atoms with Crippen LogP contribution in [0.4, 0.5) is 0 Å². The van der Waals surface area contributed by atoms with Crippen molar-refractivity contribution in [3.63, 3.8) is 0 Å². The minimum Gasteiger partial charge on any atom is -0.505 e. The van der Waals surface area contributed by atoms with E-state index in [1.165, 1.54) is 18.3 Å². The van der Waals surface area contributed by atoms with Crippen molar-refractivity contribution in [2.24, 2.45) is 0 Å². The van der Waals surface area contributed by atoms with Crippen LogP contribution in [0.25, 0.3) is 0 Å². The fourth-order valence-corrected chi connectivity index (χ4v) is 2.15. The molecule has 0 aromatic carbocycles. The Kier molecular flexibility index (Phi) is 4.52. The Morgan fingerprint density at radius 1 is 1.55 bits per heavy atom. The molecule has 1 aliphatic rings. The van der Waals surface area contributed by atoms with Gasteiger partial charge in [-0.25, -0.2) is 4.98 Å². The van der Waals surface area contributed by atoms with Gasteiger partial charge in [0.1, 0.15) is 5.75 Å². The van der Waals surface area contributed by atoms with Crippen LogP contribution in [0.15, 0.2) is 18.3 Å². The van der Waals surface area contributed by atoms with E-state index in [-0.39, 0.29) is 23.9 Å². The molecule has 108 valence electrons. The summed E-state index contributed by atoms with van der Waals surface area (Å²) < 4.78 is 0. The number of aromatic nitrogens is 1. The molecular formula is C13H18N4O3. The number of carbonyl (C=O) groups is 2. The average molecular weight is 278 g/mol. The van der Waals surface area contributed by atoms with Gasteiger partial charge in [0.2, 0.25) is 5.91 Å². The highest BCUT2D eigenvalue weighted by Crippen LogP contribution is 2.12. The molecule has 20 heavy (non-hydrogen) atoms. The molecule has 0 spiro atoms. The summed E-state index contributed by atoms with van der Waals surface area (Å²) in [4.78, 5) is 29.2. The minimum absolute atomic E-state index is 0.0742. The Bertz CT molecular complexity index is 506. The number of carbonyl (C=O) groups excluding carboxylic acids is 2. The number of likely N-dealkylation sites (tertiary alicyclic amines) is 1. The molecule has 1 aliphatic heterocycles. The van der Waals surface area contributed by atoms with Gasteiger partial charge in [0, 0.05) is 25.3 Å². The molecule has 1 saturated heterocycles. The molecule has 1 fully saturated rings. The van der Waals surface area contributed by atoms with Crippen molar-refractivity contribution in [3.8, 4) is 5.75 Å². The van der Waals surface area contributed by atoms with E-state index in [4.69, 9.17) is 0 Å². The number of aromatic hydroxyl groups is 1. The molecule has 1 unspecified atom stereocenters. The fraction of sp³-hybridized carbons (Fsp3) is 0.462. The second-order valence-electron chi connectivity index (χ2n) is 4.67. The van der Waals surface area contributed by atoms with Gasteiger partial charge in [0.25, 0.3) is 5.91 Å². The quantitative estimate of drug-likeness (QED) is 0.679. The van der Waals surface area contributed by atoms with Gasteiger partial charge in [0.05, 0.1) is 6.54 Å². The molecule has 1 aromatic heterocycles. The number of hydrogen-bond acceptors (Lipinski definition) is 5. The number of likely N-dealkylation sites (N-methyl/N-ethyl adjacent to an activating group) is 1. The first-order chi connectivity index (χ1) is 9.61. The van der Waals surface area contributed by atoms with Crippen molar-refractivity contribution in [2.45, 2.75) is 12.5 Å². The van der Waals surface area contributed by atoms with E-state index in [9.17, 15) is 14.7 Å². The lowest BCUT2D eigenvalue weighted by Crippen LogP contribution is -2.40. The van der Waals surface area contributed by atoms with Crippen LogP contribution in [0.2, 0.25) is 0 Å². The van der Waals surface area contributed by atoms with Crippen LogP contribution in [0.1, 0.15) is 16.9 Å². The van der Waals surface area contributed by atoms with Crippen LogP contribution >= 0.6 is 0 Å². The predicted molar refractivity (Wildman–Crippen MR) is 72.3 cm³/mol. The second kappa shape index (κ2) is 6.33. The zero-order chi connectivity index (χ0) is 14.5. The Labute approximate surface area is 117 Å². The maximum atomic E-state index is 11.9. The second-order valence-corrected chi connectivity index (χ2v) is 4.67. The molecule has 0 aliphatic carbocycles. The van der Waals surface area contributed by atoms with Crippen molar-refractivity contribution in [1.29, 1.82) is 0 Å². The predicted octanol–water partition coefficient (Wildman–Crippen LogP) is -0.663. The lowest BCUT2D eigenvalue weighted by Gasteiger charge is -2.16. The normalized spacial score (nSPS) is 18.1. The highest BCUT2D eigenvalue weighted by molar-refractivity contribution is 5.96. The molecule has 2 heterocycles. The zero-order valence-corrected chi connectivity index (χ0v) is 11.3. The van der Waals surface area contributed by atoms with Gasteiger partial charge in [-0.2, -0.15) is 0 Å². The largest absolute Gasteiger partial charge is 0.505 e. The molecule has 1 atom stereocenters. The Balaban J connectivity index is 1.85. The van der Waals surface area contributed by atoms with Crippen LogP contribution in [0.3, 0.4) is 0 Å². The summed E-state index contributed by atoms with van der Waals surface area (Å²) in [6, 6.07) is 3.22. The summed E-state index contributed by atoms with van der Waals surface area (Å²) in [5.74, 6) is -0.888. The standard InChI is InChI=1S/C13H18N4O3/c1-14-9-4-6-17(8-9)11(19)7-16-13(20)12-10(18)3-2-5-15-12/h2-3,5,9,14,18H,4,6-8H2,1H3,(H,16,20). The summed E-state index contributed by atoms with van der Waals surface area (Å²) in [6.45, 7) is 1.25. The van der Waals surface area contributed by atoms with E-state index in [1.807, 2.05) is 7.05 Å². The molecular weight excluding hydrogens is 260 g/mol. The minimum atomic E-state index is -0.555. The molecule has 0 saturated carbocycles. The van der Waals surface area contributed by atoms with Gasteiger partial charge in [-0.05, 0) is 25.6 Å². The lowest BCUT2D eigenvalue weighted by molar-refractivity contribution is -0.129. The van der Waals surface area contributed by atoms with Crippen LogP contribution < -0.4 is 10.6 Å². The Morgan fingerprint density at radius 2 is 2.35 bits per heavy atom. The number of rotatable bonds is 4. The van der Waals surface area contributed by atoms with Crippen LogP contribution in [-0.4, -0.2) is 59.5 Å². The molecule has 0 radical (unpaired) electrons. The number of nitrogens with one attached hydrogen (secondary N) is 2. The summed E-state index contributed by atoms with van der Waals surface area (Å²) in [6.07, 6.45) is 2.33. The van der Waals surface area contributed by atoms with Gasteiger partial charge in [0.15, 0.2) is 5.69 Å². The third-order valence-corrected chi connectivity index (χ3v) is 3.35. The van der Waals surface area contributed by atoms with Gasteiger partial charge in [-0.3, -0.25) is 9.59 Å². The Hall–Kier alpha value is -2.15. The third-order valence-electron chi connectivity index (χ3n) is 3.35. The van der Waals surface area contributed by atoms with Crippen LogP contribution in [0.5, 0.6) is 5.75 Å². The molecule has 2 rings (SSSR count). The van der Waals surface area contributed by atoms with Crippen LogP contribution in [0, 0.1) is 0 Å². The third kappa shape index (κ3) is 3.24. The zero-order valence-electron chi connectivity index (χ0n) is 11.3. The van der Waals surface area contributed by atoms with Crippen molar-refractivity contribution >= 4 is 11.8 Å². The lowest BCUT2D eigenvalue weighted by atomic mass is 10.3. The summed E-state index contributed by atoms with van der Waals surface area (Å²) >= 11 is 0. The van der Waals surface area contributed by atoms with Crippen molar-refractivity contribution in [2.75, 3.05) is 26.7 Å². The maximum absolute atomic E-state index is 11.9. The monoisotopic (exact) mass is 278 g/mol. The first-order valence-corrected chi connectivity index (χ1v) is 6.49. The van der Waals surface area contributed by atoms with Gasteiger partial charge >= 0.3 is 0 Å². The number of hydrogen-bond donors (Lipinski definition) is 3. The van der Waals surface area contributed by atoms with Crippen LogP contribution in [-0.2, 0) is 4.79 Å². The first-order valence-electron chi connectivity index (χ1n) is 6.49. The number of pyridine rings is 1. The van der Waals surface area contributed by atoms with E-state index >= 15 is 0 Å². The summed E-state index contributed by atoms with van der Waals surface area (Å²) in [5, 5.41) is 15.1. The fourth-order valence-electron chi connectivity index (χ4n) is 2.15. The van der Waals surface area contributed by atoms with E-state index < -0.39 is 5.91 Å². The van der Waals surface area contributed by atoms with Crippen molar-refractivity contribution < 1.29 is 14.7 Å². The summed E-state index contributed by atoms with van der Waals surface area (Å²) in [7, 11) is 1.87. The highest BCUT2D eigenvalue weighted by Gasteiger charge is 2.25. The molecule has 7 nitrogen and oxygen atoms in total. The van der Waals surface area contributed by atoms with E-state index in [0.29, 0.717) is 19.1 Å². The number of nitrogens with zero attached hydrogens (tertiary/aromatic N) is 2. The molecule has 7 heteroatoms. The topological polar surface area (TPSA) is 94.6 Å². The van der Waals surface area contributed by atoms with E-state index in [2.05, 4.69) is 15.6 Å². The van der Waals surface area contributed by atoms with Crippen molar-refractivity contribution in [3.05, 3.63) is 24.0 Å². The maximum Gasteiger partial charge on any atom is 0.274 e. The molecule has 1 aromatic rings. The van der Waals surface area contributed by atoms with Gasteiger partial charge in [-0.1, -0.05) is 0 Å². The summed E-state index contributed by atoms with van der Waals surface area (Å²) in [5.41, 5.74) is -0.0742. The Morgan fingerprint density at radius 3 is 3.00 bits per heavy atom. The van der Waals surface area contributed by atoms with Gasteiger partial charge < -0.3 is 20.6 Å². The van der Waals surface area contributed by atoms with Gasteiger partial charge in [-0.15, -0.1) is 0 Å². The number of amides is 2. The smallest absolute Gasteiger partial charge is 0.274 e. The van der Waals surface area contributed by atoms with E-state index in [1.54, 1.807) is 4.90 Å². The van der Waals surface area contributed by atoms with Crippen molar-refractivity contribution in [1.82, 2.24) is 20.5 Å². The SMILES string of the molecule is CNC1CCN(C(=O)CNC(=O)c2ncccc2O)C1.